The number of hydrogen-bond donors (Lipinski definition) is 1. The molecule has 1 aliphatic rings. The first-order valence-electron chi connectivity index (χ1n) is 8.50. The van der Waals surface area contributed by atoms with Gasteiger partial charge in [0.15, 0.2) is 10.8 Å². The first-order chi connectivity index (χ1) is 12.6. The summed E-state index contributed by atoms with van der Waals surface area (Å²) < 4.78 is 6.62. The Morgan fingerprint density at radius 1 is 1.27 bits per heavy atom. The Bertz CT molecular complexity index is 786. The topological polar surface area (TPSA) is 79.2 Å². The van der Waals surface area contributed by atoms with Crippen molar-refractivity contribution in [2.24, 2.45) is 0 Å². The highest BCUT2D eigenvalue weighted by molar-refractivity contribution is 6.32. The number of carbonyl (C=O) groups is 2. The molecule has 0 spiro atoms. The fraction of sp³-hybridized carbons (Fsp3) is 0.471. The molecule has 0 aromatic carbocycles. The second kappa shape index (κ2) is 8.48. The third-order valence-corrected chi connectivity index (χ3v) is 4.61. The molecule has 1 fully saturated rings. The van der Waals surface area contributed by atoms with E-state index in [9.17, 15) is 9.59 Å². The quantitative estimate of drug-likeness (QED) is 0.740. The van der Waals surface area contributed by atoms with Gasteiger partial charge in [0.25, 0.3) is 5.91 Å². The Morgan fingerprint density at radius 2 is 2.04 bits per heavy atom. The van der Waals surface area contributed by atoms with Gasteiger partial charge in [-0.05, 0) is 12.1 Å². The van der Waals surface area contributed by atoms with Gasteiger partial charge in [0.1, 0.15) is 5.65 Å². The molecule has 140 valence electrons. The predicted octanol–water partition coefficient (Wildman–Crippen LogP) is 0.508. The highest BCUT2D eigenvalue weighted by Gasteiger charge is 2.27. The molecule has 1 N–H and O–H groups in total. The molecule has 0 radical (unpaired) electrons. The molecule has 8 nitrogen and oxygen atoms in total. The van der Waals surface area contributed by atoms with E-state index in [1.54, 1.807) is 22.6 Å². The summed E-state index contributed by atoms with van der Waals surface area (Å²) in [6, 6.07) is 5.49. The number of methoxy groups -OCH3 is 1. The van der Waals surface area contributed by atoms with Crippen LogP contribution in [0.1, 0.15) is 10.5 Å². The molecular formula is C17H22ClN5O3. The van der Waals surface area contributed by atoms with E-state index < -0.39 is 0 Å². The van der Waals surface area contributed by atoms with Crippen LogP contribution in [-0.4, -0.2) is 84.0 Å². The Balaban J connectivity index is 1.57. The van der Waals surface area contributed by atoms with E-state index in [1.165, 1.54) is 0 Å². The minimum absolute atomic E-state index is 0.0355. The van der Waals surface area contributed by atoms with E-state index in [-0.39, 0.29) is 17.0 Å². The van der Waals surface area contributed by atoms with Crippen molar-refractivity contribution in [3.05, 3.63) is 35.2 Å². The van der Waals surface area contributed by atoms with Crippen molar-refractivity contribution in [1.29, 1.82) is 0 Å². The summed E-state index contributed by atoms with van der Waals surface area (Å²) in [5, 5.41) is 3.01. The molecular weight excluding hydrogens is 358 g/mol. The number of amides is 2. The smallest absolute Gasteiger partial charge is 0.274 e. The number of nitrogens with one attached hydrogen (secondary N) is 1. The second-order valence-electron chi connectivity index (χ2n) is 6.09. The SMILES string of the molecule is COCCNC(=O)CN1CCN(C(=O)c2c(Cl)nc3ccccn23)CC1. The highest BCUT2D eigenvalue weighted by Crippen LogP contribution is 2.20. The predicted molar refractivity (Wildman–Crippen MR) is 97.4 cm³/mol. The van der Waals surface area contributed by atoms with Gasteiger partial charge < -0.3 is 15.0 Å². The van der Waals surface area contributed by atoms with Gasteiger partial charge in [-0.3, -0.25) is 18.9 Å². The molecule has 1 aliphatic heterocycles. The third-order valence-electron chi connectivity index (χ3n) is 4.35. The summed E-state index contributed by atoms with van der Waals surface area (Å²) >= 11 is 6.19. The van der Waals surface area contributed by atoms with Crippen molar-refractivity contribution < 1.29 is 14.3 Å². The number of carbonyl (C=O) groups excluding carboxylic acids is 2. The maximum atomic E-state index is 12.9. The van der Waals surface area contributed by atoms with Crippen LogP contribution >= 0.6 is 11.6 Å². The van der Waals surface area contributed by atoms with Crippen LogP contribution in [0.5, 0.6) is 0 Å². The van der Waals surface area contributed by atoms with E-state index in [1.807, 2.05) is 23.1 Å². The van der Waals surface area contributed by atoms with Crippen LogP contribution in [0.25, 0.3) is 5.65 Å². The molecule has 26 heavy (non-hydrogen) atoms. The Hall–Kier alpha value is -2.16. The summed E-state index contributed by atoms with van der Waals surface area (Å²) in [7, 11) is 1.60. The van der Waals surface area contributed by atoms with Crippen LogP contribution in [0.4, 0.5) is 0 Å². The molecule has 0 bridgehead atoms. The van der Waals surface area contributed by atoms with Gasteiger partial charge >= 0.3 is 0 Å². The van der Waals surface area contributed by atoms with Crippen LogP contribution in [0.15, 0.2) is 24.4 Å². The number of ether oxygens (including phenoxy) is 1. The minimum atomic E-state index is -0.141. The summed E-state index contributed by atoms with van der Waals surface area (Å²) in [5.41, 5.74) is 1.03. The average molecular weight is 380 g/mol. The van der Waals surface area contributed by atoms with Crippen LogP contribution in [-0.2, 0) is 9.53 Å². The summed E-state index contributed by atoms with van der Waals surface area (Å²) in [4.78, 5) is 32.7. The maximum absolute atomic E-state index is 12.9. The molecule has 0 atom stereocenters. The number of aromatic nitrogens is 2. The van der Waals surface area contributed by atoms with Gasteiger partial charge in [-0.25, -0.2) is 4.98 Å². The number of imidazole rings is 1. The number of nitrogens with zero attached hydrogens (tertiary/aromatic N) is 4. The fourth-order valence-corrected chi connectivity index (χ4v) is 3.23. The Morgan fingerprint density at radius 3 is 2.77 bits per heavy atom. The van der Waals surface area contributed by atoms with E-state index in [2.05, 4.69) is 10.3 Å². The van der Waals surface area contributed by atoms with E-state index >= 15 is 0 Å². The zero-order valence-electron chi connectivity index (χ0n) is 14.7. The lowest BCUT2D eigenvalue weighted by Gasteiger charge is -2.34. The van der Waals surface area contributed by atoms with Crippen LogP contribution in [0, 0.1) is 0 Å². The molecule has 0 aliphatic carbocycles. The second-order valence-corrected chi connectivity index (χ2v) is 6.45. The fourth-order valence-electron chi connectivity index (χ4n) is 2.97. The van der Waals surface area contributed by atoms with Crippen molar-refractivity contribution >= 4 is 29.1 Å². The molecule has 2 aromatic rings. The lowest BCUT2D eigenvalue weighted by molar-refractivity contribution is -0.122. The lowest BCUT2D eigenvalue weighted by atomic mass is 10.2. The molecule has 1 saturated heterocycles. The maximum Gasteiger partial charge on any atom is 0.274 e. The van der Waals surface area contributed by atoms with Crippen molar-refractivity contribution in [2.45, 2.75) is 0 Å². The van der Waals surface area contributed by atoms with Gasteiger partial charge in [-0.2, -0.15) is 0 Å². The average Bonchev–Trinajstić information content (AvgIpc) is 2.97. The highest BCUT2D eigenvalue weighted by atomic mass is 35.5. The number of piperazine rings is 1. The van der Waals surface area contributed by atoms with Crippen molar-refractivity contribution in [2.75, 3.05) is 53.0 Å². The van der Waals surface area contributed by atoms with E-state index in [4.69, 9.17) is 16.3 Å². The summed E-state index contributed by atoms with van der Waals surface area (Å²) in [6.45, 7) is 3.67. The van der Waals surface area contributed by atoms with Crippen molar-refractivity contribution in [3.8, 4) is 0 Å². The van der Waals surface area contributed by atoms with Gasteiger partial charge in [-0.15, -0.1) is 0 Å². The number of fused-ring (bicyclic) bond motifs is 1. The normalized spacial score (nSPS) is 15.4. The largest absolute Gasteiger partial charge is 0.383 e. The summed E-state index contributed by atoms with van der Waals surface area (Å²) in [5.74, 6) is -0.176. The molecule has 2 aromatic heterocycles. The van der Waals surface area contributed by atoms with Crippen molar-refractivity contribution in [3.63, 3.8) is 0 Å². The minimum Gasteiger partial charge on any atom is -0.383 e. The number of rotatable bonds is 6. The molecule has 9 heteroatoms. The number of hydrogen-bond acceptors (Lipinski definition) is 5. The van der Waals surface area contributed by atoms with Crippen molar-refractivity contribution in [1.82, 2.24) is 24.5 Å². The lowest BCUT2D eigenvalue weighted by Crippen LogP contribution is -2.51. The molecule has 0 unspecified atom stereocenters. The Labute approximate surface area is 156 Å². The number of halogens is 1. The number of pyridine rings is 1. The molecule has 3 rings (SSSR count). The van der Waals surface area contributed by atoms with E-state index in [0.29, 0.717) is 57.2 Å². The van der Waals surface area contributed by atoms with E-state index in [0.717, 1.165) is 0 Å². The molecule has 0 saturated carbocycles. The van der Waals surface area contributed by atoms with Gasteiger partial charge in [0.2, 0.25) is 5.91 Å². The van der Waals surface area contributed by atoms with Crippen LogP contribution < -0.4 is 5.32 Å². The zero-order valence-corrected chi connectivity index (χ0v) is 15.4. The standard InChI is InChI=1S/C17H22ClN5O3/c1-26-11-5-19-14(24)12-21-7-9-22(10-8-21)17(25)15-16(18)20-13-4-2-3-6-23(13)15/h2-4,6H,5,7-12H2,1H3,(H,19,24). The first-order valence-corrected chi connectivity index (χ1v) is 8.88. The molecule has 2 amide bonds. The zero-order chi connectivity index (χ0) is 18.5. The monoisotopic (exact) mass is 379 g/mol. The van der Waals surface area contributed by atoms with Crippen LogP contribution in [0.2, 0.25) is 5.15 Å². The third kappa shape index (κ3) is 4.14. The summed E-state index contributed by atoms with van der Waals surface area (Å²) in [6.07, 6.45) is 1.78. The van der Waals surface area contributed by atoms with Gasteiger partial charge in [0.05, 0.1) is 13.2 Å². The first kappa shape index (κ1) is 18.6. The van der Waals surface area contributed by atoms with Gasteiger partial charge in [0, 0.05) is 46.0 Å². The molecule has 3 heterocycles. The Kier molecular flexibility index (Phi) is 6.08. The van der Waals surface area contributed by atoms with Gasteiger partial charge in [-0.1, -0.05) is 17.7 Å². The van der Waals surface area contributed by atoms with Crippen LogP contribution in [0.3, 0.4) is 0 Å².